The molecule has 0 fully saturated rings. The van der Waals surface area contributed by atoms with Crippen LogP contribution in [0, 0.1) is 0 Å². The maximum Gasteiger partial charge on any atom is 0.331 e. The molecule has 0 radical (unpaired) electrons. The molecule has 4 heteroatoms. The summed E-state index contributed by atoms with van der Waals surface area (Å²) < 4.78 is 24.8. The van der Waals surface area contributed by atoms with Crippen LogP contribution in [0.1, 0.15) is 56.6 Å². The molecule has 26 heavy (non-hydrogen) atoms. The van der Waals surface area contributed by atoms with Crippen LogP contribution in [0.2, 0.25) is 0 Å². The fraction of sp³-hybridized carbons (Fsp3) is 0.455. The smallest absolute Gasteiger partial charge is 0.304 e. The summed E-state index contributed by atoms with van der Waals surface area (Å²) in [5.74, 6) is 0. The minimum Gasteiger partial charge on any atom is -0.304 e. The SMILES string of the molecule is CCCCCCCCP(=O)(OCc1ccccc1)OCc1ccccc1. The van der Waals surface area contributed by atoms with E-state index >= 15 is 0 Å². The molecule has 2 aromatic rings. The predicted octanol–water partition coefficient (Wildman–Crippen LogP) is 6.97. The van der Waals surface area contributed by atoms with Crippen LogP contribution in [-0.2, 0) is 26.8 Å². The van der Waals surface area contributed by atoms with Gasteiger partial charge in [0.25, 0.3) is 0 Å². The van der Waals surface area contributed by atoms with E-state index in [1.165, 1.54) is 25.7 Å². The third-order valence-electron chi connectivity index (χ3n) is 4.33. The molecule has 0 N–H and O–H groups in total. The van der Waals surface area contributed by atoms with Crippen molar-refractivity contribution in [2.24, 2.45) is 0 Å². The van der Waals surface area contributed by atoms with E-state index in [2.05, 4.69) is 6.92 Å². The predicted molar refractivity (Wildman–Crippen MR) is 108 cm³/mol. The third-order valence-corrected chi connectivity index (χ3v) is 6.24. The molecule has 0 saturated heterocycles. The van der Waals surface area contributed by atoms with E-state index in [0.29, 0.717) is 19.4 Å². The van der Waals surface area contributed by atoms with Gasteiger partial charge in [0.2, 0.25) is 0 Å². The number of benzene rings is 2. The van der Waals surface area contributed by atoms with Crippen LogP contribution in [0.15, 0.2) is 60.7 Å². The molecule has 0 bridgehead atoms. The summed E-state index contributed by atoms with van der Waals surface area (Å²) in [5, 5.41) is 0. The van der Waals surface area contributed by atoms with Crippen molar-refractivity contribution in [1.82, 2.24) is 0 Å². The van der Waals surface area contributed by atoms with Crippen LogP contribution < -0.4 is 0 Å². The van der Waals surface area contributed by atoms with E-state index in [4.69, 9.17) is 9.05 Å². The Balaban J connectivity index is 1.87. The molecule has 142 valence electrons. The molecule has 2 rings (SSSR count). The number of rotatable bonds is 13. The average Bonchev–Trinajstić information content (AvgIpc) is 2.69. The van der Waals surface area contributed by atoms with Crippen molar-refractivity contribution >= 4 is 7.60 Å². The summed E-state index contributed by atoms with van der Waals surface area (Å²) in [6.45, 7) is 2.86. The van der Waals surface area contributed by atoms with Gasteiger partial charge in [0.05, 0.1) is 19.4 Å². The molecule has 3 nitrogen and oxygen atoms in total. The lowest BCUT2D eigenvalue weighted by Gasteiger charge is -2.19. The molecule has 0 saturated carbocycles. The van der Waals surface area contributed by atoms with Gasteiger partial charge in [0.1, 0.15) is 0 Å². The van der Waals surface area contributed by atoms with Crippen LogP contribution in [0.3, 0.4) is 0 Å². The van der Waals surface area contributed by atoms with Crippen LogP contribution in [0.25, 0.3) is 0 Å². The van der Waals surface area contributed by atoms with Gasteiger partial charge >= 0.3 is 7.60 Å². The van der Waals surface area contributed by atoms with Crippen LogP contribution in [0.4, 0.5) is 0 Å². The van der Waals surface area contributed by atoms with Gasteiger partial charge in [-0.3, -0.25) is 4.57 Å². The Kier molecular flexibility index (Phi) is 9.70. The van der Waals surface area contributed by atoms with Gasteiger partial charge in [0.15, 0.2) is 0 Å². The number of hydrogen-bond donors (Lipinski definition) is 0. The molecular formula is C22H31O3P. The molecular weight excluding hydrogens is 343 g/mol. The summed E-state index contributed by atoms with van der Waals surface area (Å²) in [6, 6.07) is 19.7. The summed E-state index contributed by atoms with van der Waals surface area (Å²) in [5.41, 5.74) is 2.03. The van der Waals surface area contributed by atoms with Crippen molar-refractivity contribution in [3.63, 3.8) is 0 Å². The van der Waals surface area contributed by atoms with Crippen molar-refractivity contribution in [2.45, 2.75) is 58.7 Å². The monoisotopic (exact) mass is 374 g/mol. The Morgan fingerprint density at radius 2 is 1.15 bits per heavy atom. The molecule has 0 atom stereocenters. The first-order valence-electron chi connectivity index (χ1n) is 9.68. The average molecular weight is 374 g/mol. The largest absolute Gasteiger partial charge is 0.331 e. The second-order valence-electron chi connectivity index (χ2n) is 6.62. The maximum atomic E-state index is 13.2. The van der Waals surface area contributed by atoms with Crippen molar-refractivity contribution in [2.75, 3.05) is 6.16 Å². The highest BCUT2D eigenvalue weighted by Crippen LogP contribution is 2.50. The van der Waals surface area contributed by atoms with Gasteiger partial charge in [-0.1, -0.05) is 99.7 Å². The van der Waals surface area contributed by atoms with Crippen molar-refractivity contribution in [1.29, 1.82) is 0 Å². The quantitative estimate of drug-likeness (QED) is 0.280. The van der Waals surface area contributed by atoms with E-state index in [1.807, 2.05) is 60.7 Å². The second-order valence-corrected chi connectivity index (χ2v) is 8.81. The first kappa shape index (κ1) is 20.9. The highest BCUT2D eigenvalue weighted by atomic mass is 31.2. The van der Waals surface area contributed by atoms with Crippen LogP contribution >= 0.6 is 7.60 Å². The van der Waals surface area contributed by atoms with E-state index in [-0.39, 0.29) is 0 Å². The van der Waals surface area contributed by atoms with Crippen LogP contribution in [0.5, 0.6) is 0 Å². The number of hydrogen-bond acceptors (Lipinski definition) is 3. The molecule has 0 heterocycles. The lowest BCUT2D eigenvalue weighted by Crippen LogP contribution is -2.02. The van der Waals surface area contributed by atoms with Gasteiger partial charge < -0.3 is 9.05 Å². The Morgan fingerprint density at radius 1 is 0.692 bits per heavy atom. The van der Waals surface area contributed by atoms with E-state index < -0.39 is 7.60 Å². The minimum absolute atomic E-state index is 0.322. The zero-order valence-electron chi connectivity index (χ0n) is 15.8. The van der Waals surface area contributed by atoms with Crippen molar-refractivity contribution < 1.29 is 13.6 Å². The van der Waals surface area contributed by atoms with E-state index in [9.17, 15) is 4.57 Å². The fourth-order valence-corrected chi connectivity index (χ4v) is 4.38. The summed E-state index contributed by atoms with van der Waals surface area (Å²) >= 11 is 0. The van der Waals surface area contributed by atoms with Gasteiger partial charge in [-0.25, -0.2) is 0 Å². The van der Waals surface area contributed by atoms with E-state index in [0.717, 1.165) is 24.0 Å². The topological polar surface area (TPSA) is 35.5 Å². The van der Waals surface area contributed by atoms with Gasteiger partial charge in [-0.2, -0.15) is 0 Å². The Morgan fingerprint density at radius 3 is 1.65 bits per heavy atom. The molecule has 0 aliphatic heterocycles. The molecule has 0 aromatic heterocycles. The minimum atomic E-state index is -3.11. The van der Waals surface area contributed by atoms with E-state index in [1.54, 1.807) is 0 Å². The maximum absolute atomic E-state index is 13.2. The standard InChI is InChI=1S/C22H31O3P/c1-2-3-4-5-6-13-18-26(23,24-19-21-14-9-7-10-15-21)25-20-22-16-11-8-12-17-22/h7-12,14-17H,2-6,13,18-20H2,1H3. The summed E-state index contributed by atoms with van der Waals surface area (Å²) in [4.78, 5) is 0. The van der Waals surface area contributed by atoms with Crippen molar-refractivity contribution in [3.05, 3.63) is 71.8 Å². The Bertz CT molecular complexity index is 595. The number of unbranched alkanes of at least 4 members (excludes halogenated alkanes) is 5. The molecule has 0 amide bonds. The normalized spacial score (nSPS) is 11.6. The first-order chi connectivity index (χ1) is 12.7. The van der Waals surface area contributed by atoms with Crippen LogP contribution in [-0.4, -0.2) is 6.16 Å². The Hall–Kier alpha value is -1.41. The van der Waals surface area contributed by atoms with Crippen molar-refractivity contribution in [3.8, 4) is 0 Å². The first-order valence-corrected chi connectivity index (χ1v) is 11.4. The highest BCUT2D eigenvalue weighted by molar-refractivity contribution is 7.53. The molecule has 0 aliphatic rings. The third kappa shape index (κ3) is 8.31. The zero-order valence-corrected chi connectivity index (χ0v) is 16.7. The molecule has 0 unspecified atom stereocenters. The molecule has 2 aromatic carbocycles. The lowest BCUT2D eigenvalue weighted by molar-refractivity contribution is 0.190. The second kappa shape index (κ2) is 12.1. The van der Waals surface area contributed by atoms with Gasteiger partial charge in [0, 0.05) is 0 Å². The molecule has 0 spiro atoms. The highest BCUT2D eigenvalue weighted by Gasteiger charge is 2.24. The van der Waals surface area contributed by atoms with Gasteiger partial charge in [-0.15, -0.1) is 0 Å². The summed E-state index contributed by atoms with van der Waals surface area (Å²) in [7, 11) is -3.11. The zero-order chi connectivity index (χ0) is 18.5. The van der Waals surface area contributed by atoms with Gasteiger partial charge in [-0.05, 0) is 17.5 Å². The summed E-state index contributed by atoms with van der Waals surface area (Å²) in [6.07, 6.45) is 7.38. The fourth-order valence-electron chi connectivity index (χ4n) is 2.75. The molecule has 0 aliphatic carbocycles. The lowest BCUT2D eigenvalue weighted by atomic mass is 10.1. The Labute approximate surface area is 158 Å².